The molecule has 5 nitrogen and oxygen atoms in total. The van der Waals surface area contributed by atoms with Gasteiger partial charge in [0.1, 0.15) is 12.0 Å². The summed E-state index contributed by atoms with van der Waals surface area (Å²) in [5, 5.41) is 0. The average Bonchev–Trinajstić information content (AvgIpc) is 2.94. The third kappa shape index (κ3) is 3.33. The fraction of sp³-hybridized carbons (Fsp3) is 0.462. The number of rotatable bonds is 6. The van der Waals surface area contributed by atoms with Gasteiger partial charge in [0.25, 0.3) is 0 Å². The molecule has 6 heteroatoms. The van der Waals surface area contributed by atoms with Crippen LogP contribution in [0.4, 0.5) is 0 Å². The van der Waals surface area contributed by atoms with Crippen molar-refractivity contribution in [2.45, 2.75) is 24.2 Å². The van der Waals surface area contributed by atoms with E-state index in [1.807, 2.05) is 0 Å². The molecule has 0 unspecified atom stereocenters. The Kier molecular flexibility index (Phi) is 4.55. The summed E-state index contributed by atoms with van der Waals surface area (Å²) in [4.78, 5) is 10.5. The van der Waals surface area contributed by atoms with Gasteiger partial charge >= 0.3 is 0 Å². The number of nitrogens with zero attached hydrogens (tertiary/aromatic N) is 1. The van der Waals surface area contributed by atoms with Crippen molar-refractivity contribution in [2.75, 3.05) is 19.7 Å². The van der Waals surface area contributed by atoms with Crippen molar-refractivity contribution < 1.29 is 17.9 Å². The lowest BCUT2D eigenvalue weighted by molar-refractivity contribution is -0.108. The van der Waals surface area contributed by atoms with E-state index in [0.717, 1.165) is 19.1 Å². The van der Waals surface area contributed by atoms with Crippen LogP contribution in [0.5, 0.6) is 5.75 Å². The molecule has 1 saturated heterocycles. The highest BCUT2D eigenvalue weighted by Crippen LogP contribution is 2.22. The van der Waals surface area contributed by atoms with Crippen LogP contribution in [0.2, 0.25) is 0 Å². The van der Waals surface area contributed by atoms with Gasteiger partial charge in [-0.05, 0) is 37.1 Å². The van der Waals surface area contributed by atoms with Crippen LogP contribution >= 0.6 is 0 Å². The molecule has 0 aromatic heterocycles. The summed E-state index contributed by atoms with van der Waals surface area (Å²) in [5.41, 5.74) is 0. The number of aldehydes is 1. The van der Waals surface area contributed by atoms with Gasteiger partial charge < -0.3 is 9.53 Å². The summed E-state index contributed by atoms with van der Waals surface area (Å²) in [6.45, 7) is 1.50. The van der Waals surface area contributed by atoms with Crippen molar-refractivity contribution in [3.8, 4) is 5.75 Å². The van der Waals surface area contributed by atoms with Crippen LogP contribution in [0.15, 0.2) is 29.2 Å². The van der Waals surface area contributed by atoms with Crippen molar-refractivity contribution in [1.82, 2.24) is 4.31 Å². The summed E-state index contributed by atoms with van der Waals surface area (Å²) in [6, 6.07) is 6.33. The van der Waals surface area contributed by atoms with Crippen molar-refractivity contribution >= 4 is 16.3 Å². The molecule has 0 atom stereocenters. The summed E-state index contributed by atoms with van der Waals surface area (Å²) >= 11 is 0. The third-order valence-corrected chi connectivity index (χ3v) is 4.94. The molecular weight excluding hydrogens is 266 g/mol. The molecule has 0 aliphatic carbocycles. The van der Waals surface area contributed by atoms with Gasteiger partial charge in [-0.1, -0.05) is 0 Å². The Balaban J connectivity index is 2.06. The van der Waals surface area contributed by atoms with E-state index in [2.05, 4.69) is 0 Å². The van der Waals surface area contributed by atoms with Gasteiger partial charge in [-0.3, -0.25) is 0 Å². The second-order valence-corrected chi connectivity index (χ2v) is 6.32. The molecule has 0 radical (unpaired) electrons. The minimum absolute atomic E-state index is 0.289. The van der Waals surface area contributed by atoms with E-state index < -0.39 is 10.0 Å². The maximum Gasteiger partial charge on any atom is 0.243 e. The van der Waals surface area contributed by atoms with Gasteiger partial charge in [-0.15, -0.1) is 0 Å². The fourth-order valence-corrected chi connectivity index (χ4v) is 3.53. The normalized spacial score (nSPS) is 16.4. The standard InChI is InChI=1S/C13H17NO4S/c15-10-3-11-18-12-4-6-13(7-5-12)19(16,17)14-8-1-2-9-14/h4-7,10H,1-3,8-9,11H2. The first-order valence-corrected chi connectivity index (χ1v) is 7.75. The molecule has 0 spiro atoms. The van der Waals surface area contributed by atoms with Crippen LogP contribution in [-0.4, -0.2) is 38.7 Å². The van der Waals surface area contributed by atoms with Gasteiger partial charge in [-0.25, -0.2) is 8.42 Å². The number of carbonyl (C=O) groups is 1. The van der Waals surface area contributed by atoms with Crippen molar-refractivity contribution in [2.24, 2.45) is 0 Å². The molecule has 1 fully saturated rings. The molecule has 1 heterocycles. The first-order chi connectivity index (χ1) is 9.14. The lowest BCUT2D eigenvalue weighted by atomic mass is 10.3. The predicted molar refractivity (Wildman–Crippen MR) is 70.6 cm³/mol. The summed E-state index contributed by atoms with van der Waals surface area (Å²) in [7, 11) is -3.36. The predicted octanol–water partition coefficient (Wildman–Crippen LogP) is 1.44. The van der Waals surface area contributed by atoms with Crippen molar-refractivity contribution in [3.05, 3.63) is 24.3 Å². The van der Waals surface area contributed by atoms with E-state index in [4.69, 9.17) is 4.74 Å². The summed E-state index contributed by atoms with van der Waals surface area (Å²) < 4.78 is 31.3. The highest BCUT2D eigenvalue weighted by atomic mass is 32.2. The molecule has 1 aliphatic heterocycles. The molecule has 1 aromatic rings. The van der Waals surface area contributed by atoms with E-state index in [9.17, 15) is 13.2 Å². The minimum atomic E-state index is -3.36. The Morgan fingerprint density at radius 3 is 2.37 bits per heavy atom. The minimum Gasteiger partial charge on any atom is -0.493 e. The smallest absolute Gasteiger partial charge is 0.243 e. The van der Waals surface area contributed by atoms with E-state index in [1.165, 1.54) is 4.31 Å². The van der Waals surface area contributed by atoms with Crippen molar-refractivity contribution in [1.29, 1.82) is 0 Å². The summed E-state index contributed by atoms with van der Waals surface area (Å²) in [5.74, 6) is 0.572. The highest BCUT2D eigenvalue weighted by molar-refractivity contribution is 7.89. The number of carbonyl (C=O) groups excluding carboxylic acids is 1. The van der Waals surface area contributed by atoms with Crippen LogP contribution < -0.4 is 4.74 Å². The number of benzene rings is 1. The van der Waals surface area contributed by atoms with Gasteiger partial charge in [0.2, 0.25) is 10.0 Å². The Morgan fingerprint density at radius 1 is 1.16 bits per heavy atom. The van der Waals surface area contributed by atoms with Crippen molar-refractivity contribution in [3.63, 3.8) is 0 Å². The summed E-state index contributed by atoms with van der Waals surface area (Å²) in [6.07, 6.45) is 2.96. The highest BCUT2D eigenvalue weighted by Gasteiger charge is 2.26. The maximum absolute atomic E-state index is 12.2. The Hall–Kier alpha value is -1.40. The fourth-order valence-electron chi connectivity index (χ4n) is 2.01. The zero-order valence-corrected chi connectivity index (χ0v) is 11.4. The lowest BCUT2D eigenvalue weighted by Crippen LogP contribution is -2.27. The SMILES string of the molecule is O=CCCOc1ccc(S(=O)(=O)N2CCCC2)cc1. The zero-order chi connectivity index (χ0) is 13.7. The quantitative estimate of drug-likeness (QED) is 0.585. The first-order valence-electron chi connectivity index (χ1n) is 6.31. The van der Waals surface area contributed by atoms with E-state index >= 15 is 0 Å². The molecule has 0 bridgehead atoms. The molecule has 0 amide bonds. The molecular formula is C13H17NO4S. The average molecular weight is 283 g/mol. The molecule has 2 rings (SSSR count). The maximum atomic E-state index is 12.2. The number of hydrogen-bond acceptors (Lipinski definition) is 4. The topological polar surface area (TPSA) is 63.7 Å². The van der Waals surface area contributed by atoms with Crippen LogP contribution in [0, 0.1) is 0 Å². The van der Waals surface area contributed by atoms with Gasteiger partial charge in [0, 0.05) is 19.5 Å². The van der Waals surface area contributed by atoms with Crippen LogP contribution in [-0.2, 0) is 14.8 Å². The van der Waals surface area contributed by atoms with Crippen LogP contribution in [0.25, 0.3) is 0 Å². The molecule has 1 aliphatic rings. The van der Waals surface area contributed by atoms with E-state index in [-0.39, 0.29) is 4.90 Å². The largest absolute Gasteiger partial charge is 0.493 e. The monoisotopic (exact) mass is 283 g/mol. The molecule has 1 aromatic carbocycles. The molecule has 0 N–H and O–H groups in total. The second kappa shape index (κ2) is 6.16. The van der Waals surface area contributed by atoms with Crippen LogP contribution in [0.1, 0.15) is 19.3 Å². The van der Waals surface area contributed by atoms with Gasteiger partial charge in [0.15, 0.2) is 0 Å². The number of sulfonamides is 1. The lowest BCUT2D eigenvalue weighted by Gasteiger charge is -2.15. The Labute approximate surface area is 113 Å². The van der Waals surface area contributed by atoms with E-state index in [1.54, 1.807) is 24.3 Å². The molecule has 0 saturated carbocycles. The molecule has 104 valence electrons. The molecule has 19 heavy (non-hydrogen) atoms. The van der Waals surface area contributed by atoms with Gasteiger partial charge in [-0.2, -0.15) is 4.31 Å². The van der Waals surface area contributed by atoms with Gasteiger partial charge in [0.05, 0.1) is 11.5 Å². The van der Waals surface area contributed by atoms with E-state index in [0.29, 0.717) is 31.9 Å². The number of ether oxygens (including phenoxy) is 1. The zero-order valence-electron chi connectivity index (χ0n) is 10.6. The Morgan fingerprint density at radius 2 is 1.79 bits per heavy atom. The number of hydrogen-bond donors (Lipinski definition) is 0. The third-order valence-electron chi connectivity index (χ3n) is 3.03. The Bertz CT molecular complexity index is 518. The van der Waals surface area contributed by atoms with Crippen LogP contribution in [0.3, 0.4) is 0 Å². The second-order valence-electron chi connectivity index (χ2n) is 4.39. The first kappa shape index (κ1) is 14.0.